The van der Waals surface area contributed by atoms with E-state index in [1.807, 2.05) is 0 Å². The second kappa shape index (κ2) is 10.7. The lowest BCUT2D eigenvalue weighted by molar-refractivity contribution is 0.0488. The molecule has 10 nitrogen and oxygen atoms in total. The summed E-state index contributed by atoms with van der Waals surface area (Å²) in [6.45, 7) is 5.31. The highest BCUT2D eigenvalue weighted by molar-refractivity contribution is 5.98. The van der Waals surface area contributed by atoms with Crippen LogP contribution in [0.5, 0.6) is 0 Å². The van der Waals surface area contributed by atoms with E-state index < -0.39 is 29.2 Å². The molecule has 2 heterocycles. The first-order chi connectivity index (χ1) is 16.5. The highest BCUT2D eigenvalue weighted by atomic mass is 19.1. The van der Waals surface area contributed by atoms with Crippen molar-refractivity contribution < 1.29 is 23.1 Å². The van der Waals surface area contributed by atoms with Crippen LogP contribution in [0.2, 0.25) is 0 Å². The van der Waals surface area contributed by atoms with E-state index in [1.54, 1.807) is 20.8 Å². The summed E-state index contributed by atoms with van der Waals surface area (Å²) in [5.74, 6) is -2.49. The molecular weight excluding hydrogens is 460 g/mol. The number of alkyl carbamates (subject to hydrolysis) is 1. The smallest absolute Gasteiger partial charge is 0.407 e. The number of ether oxygens (including phenoxy) is 1. The van der Waals surface area contributed by atoms with E-state index in [0.717, 1.165) is 25.0 Å². The van der Waals surface area contributed by atoms with Gasteiger partial charge in [-0.1, -0.05) is 12.8 Å². The number of nitrogens with two attached hydrogens (primary N) is 1. The van der Waals surface area contributed by atoms with E-state index in [4.69, 9.17) is 10.5 Å². The molecule has 3 rings (SSSR count). The average molecular weight is 492 g/mol. The molecule has 2 atom stereocenters. The fourth-order valence-electron chi connectivity index (χ4n) is 3.81. The fourth-order valence-corrected chi connectivity index (χ4v) is 3.81. The van der Waals surface area contributed by atoms with Gasteiger partial charge in [0.25, 0.3) is 5.91 Å². The second-order valence-electron chi connectivity index (χ2n) is 9.30. The Morgan fingerprint density at radius 3 is 2.31 bits per heavy atom. The van der Waals surface area contributed by atoms with Crippen molar-refractivity contribution in [2.24, 2.45) is 5.73 Å². The van der Waals surface area contributed by atoms with Crippen LogP contribution >= 0.6 is 0 Å². The van der Waals surface area contributed by atoms with E-state index in [9.17, 15) is 18.4 Å². The first kappa shape index (κ1) is 25.9. The number of carbonyl (C=O) groups excluding carboxylic acids is 2. The Morgan fingerprint density at radius 1 is 1.06 bits per heavy atom. The van der Waals surface area contributed by atoms with E-state index in [2.05, 4.69) is 31.2 Å². The molecule has 1 aliphatic carbocycles. The Hall–Kier alpha value is -3.70. The molecule has 2 aromatic rings. The number of amides is 2. The van der Waals surface area contributed by atoms with Crippen molar-refractivity contribution in [3.05, 3.63) is 35.5 Å². The minimum absolute atomic E-state index is 0.0425. The molecule has 0 radical (unpaired) electrons. The zero-order valence-corrected chi connectivity index (χ0v) is 20.2. The van der Waals surface area contributed by atoms with Gasteiger partial charge in [0.2, 0.25) is 0 Å². The minimum Gasteiger partial charge on any atom is -0.444 e. The number of hydrogen-bond acceptors (Lipinski definition) is 8. The Bertz CT molecular complexity index is 1090. The Kier molecular flexibility index (Phi) is 7.92. The van der Waals surface area contributed by atoms with Gasteiger partial charge in [0.15, 0.2) is 23.3 Å². The average Bonchev–Trinajstić information content (AvgIpc) is 2.75. The number of pyridine rings is 2. The number of carbonyl (C=O) groups is 2. The maximum Gasteiger partial charge on any atom is 0.407 e. The van der Waals surface area contributed by atoms with Gasteiger partial charge >= 0.3 is 6.09 Å². The number of anilines is 4. The maximum absolute atomic E-state index is 14.9. The van der Waals surface area contributed by atoms with Crippen LogP contribution in [0.3, 0.4) is 0 Å². The van der Waals surface area contributed by atoms with Crippen molar-refractivity contribution in [2.75, 3.05) is 23.0 Å². The summed E-state index contributed by atoms with van der Waals surface area (Å²) in [6.07, 6.45) is 3.87. The molecular formula is C23H31F2N7O3. The normalized spacial score (nSPS) is 17.9. The van der Waals surface area contributed by atoms with Gasteiger partial charge in [-0.05, 0) is 39.7 Å². The zero-order chi connectivity index (χ0) is 25.8. The third kappa shape index (κ3) is 6.90. The van der Waals surface area contributed by atoms with E-state index in [-0.39, 0.29) is 40.8 Å². The molecule has 2 amide bonds. The van der Waals surface area contributed by atoms with Crippen LogP contribution in [0, 0.1) is 11.6 Å². The van der Waals surface area contributed by atoms with Gasteiger partial charge in [-0.2, -0.15) is 0 Å². The molecule has 6 N–H and O–H groups in total. The Labute approximate surface area is 202 Å². The third-order valence-electron chi connectivity index (χ3n) is 5.37. The molecule has 190 valence electrons. The van der Waals surface area contributed by atoms with E-state index in [0.29, 0.717) is 12.8 Å². The number of rotatable bonds is 7. The number of nitrogens with zero attached hydrogens (tertiary/aromatic N) is 2. The fraction of sp³-hybridized carbons (Fsp3) is 0.478. The SMILES string of the molecule is CNc1ncc(Nc2nc(N[C@@H]3CCCC[C@@H]3NC(=O)OC(C)(C)C)c(F)cc2C(N)=O)cc1F. The number of aromatic nitrogens is 2. The first-order valence-corrected chi connectivity index (χ1v) is 11.3. The molecule has 0 aromatic carbocycles. The van der Waals surface area contributed by atoms with Gasteiger partial charge in [-0.25, -0.2) is 23.5 Å². The van der Waals surface area contributed by atoms with Gasteiger partial charge in [0, 0.05) is 19.2 Å². The molecule has 0 spiro atoms. The van der Waals surface area contributed by atoms with Gasteiger partial charge in [0.1, 0.15) is 11.4 Å². The lowest BCUT2D eigenvalue weighted by Crippen LogP contribution is -2.50. The molecule has 1 fully saturated rings. The quantitative estimate of drug-likeness (QED) is 0.393. The molecule has 1 saturated carbocycles. The highest BCUT2D eigenvalue weighted by Gasteiger charge is 2.30. The van der Waals surface area contributed by atoms with Crippen molar-refractivity contribution in [3.63, 3.8) is 0 Å². The molecule has 0 bridgehead atoms. The predicted molar refractivity (Wildman–Crippen MR) is 129 cm³/mol. The van der Waals surface area contributed by atoms with Crippen molar-refractivity contribution in [2.45, 2.75) is 64.1 Å². The van der Waals surface area contributed by atoms with Crippen LogP contribution < -0.4 is 27.0 Å². The molecule has 12 heteroatoms. The minimum atomic E-state index is -0.909. The highest BCUT2D eigenvalue weighted by Crippen LogP contribution is 2.28. The van der Waals surface area contributed by atoms with Gasteiger partial charge < -0.3 is 31.7 Å². The largest absolute Gasteiger partial charge is 0.444 e. The predicted octanol–water partition coefficient (Wildman–Crippen LogP) is 3.89. The lowest BCUT2D eigenvalue weighted by Gasteiger charge is -2.34. The molecule has 35 heavy (non-hydrogen) atoms. The molecule has 0 aliphatic heterocycles. The molecule has 0 saturated heterocycles. The molecule has 0 unspecified atom stereocenters. The summed E-state index contributed by atoms with van der Waals surface area (Å²) < 4.78 is 34.4. The Balaban J connectivity index is 1.85. The van der Waals surface area contributed by atoms with Gasteiger partial charge in [-0.15, -0.1) is 0 Å². The summed E-state index contributed by atoms with van der Waals surface area (Å²) in [5.41, 5.74) is 4.74. The van der Waals surface area contributed by atoms with Crippen LogP contribution in [0.25, 0.3) is 0 Å². The summed E-state index contributed by atoms with van der Waals surface area (Å²) in [6, 6.07) is 1.47. The zero-order valence-electron chi connectivity index (χ0n) is 20.2. The standard InChI is InChI=1S/C23H31F2N7O3/c1-23(2,3)35-22(34)31-17-8-6-5-7-16(17)30-21-15(25)10-13(18(26)33)19(32-21)29-12-9-14(24)20(27-4)28-11-12/h9-11,16-17H,5-8H2,1-4H3,(H2,26,33)(H,27,28)(H,31,34)(H2,29,30,32)/t16-,17+/m1/s1. The molecule has 2 aromatic heterocycles. The second-order valence-corrected chi connectivity index (χ2v) is 9.30. The topological polar surface area (TPSA) is 143 Å². The first-order valence-electron chi connectivity index (χ1n) is 11.3. The number of nitrogens with one attached hydrogen (secondary N) is 4. The van der Waals surface area contributed by atoms with Crippen molar-refractivity contribution in [1.29, 1.82) is 0 Å². The van der Waals surface area contributed by atoms with Crippen molar-refractivity contribution in [1.82, 2.24) is 15.3 Å². The van der Waals surface area contributed by atoms with Crippen LogP contribution in [0.1, 0.15) is 56.8 Å². The van der Waals surface area contributed by atoms with Gasteiger partial charge in [0.05, 0.1) is 23.5 Å². The lowest BCUT2D eigenvalue weighted by atomic mass is 9.90. The number of halogens is 2. The van der Waals surface area contributed by atoms with Crippen molar-refractivity contribution in [3.8, 4) is 0 Å². The monoisotopic (exact) mass is 491 g/mol. The Morgan fingerprint density at radius 2 is 1.71 bits per heavy atom. The van der Waals surface area contributed by atoms with E-state index in [1.165, 1.54) is 13.2 Å². The summed E-state index contributed by atoms with van der Waals surface area (Å²) in [7, 11) is 1.53. The van der Waals surface area contributed by atoms with Crippen LogP contribution in [0.4, 0.5) is 36.7 Å². The molecule has 1 aliphatic rings. The number of primary amides is 1. The summed E-state index contributed by atoms with van der Waals surface area (Å²) in [5, 5.41) is 11.3. The van der Waals surface area contributed by atoms with Crippen LogP contribution in [-0.4, -0.2) is 46.7 Å². The summed E-state index contributed by atoms with van der Waals surface area (Å²) >= 11 is 0. The van der Waals surface area contributed by atoms with Gasteiger partial charge in [-0.3, -0.25) is 4.79 Å². The van der Waals surface area contributed by atoms with Crippen LogP contribution in [0.15, 0.2) is 18.3 Å². The maximum atomic E-state index is 14.9. The van der Waals surface area contributed by atoms with E-state index >= 15 is 0 Å². The summed E-state index contributed by atoms with van der Waals surface area (Å²) in [4.78, 5) is 32.4. The van der Waals surface area contributed by atoms with Crippen molar-refractivity contribution >= 4 is 35.1 Å². The third-order valence-corrected chi connectivity index (χ3v) is 5.37. The van der Waals surface area contributed by atoms with Crippen LogP contribution in [-0.2, 0) is 4.74 Å². The number of hydrogen-bond donors (Lipinski definition) is 5.